The van der Waals surface area contributed by atoms with E-state index in [-0.39, 0.29) is 12.5 Å². The van der Waals surface area contributed by atoms with E-state index in [1.807, 2.05) is 38.2 Å². The van der Waals surface area contributed by atoms with Crippen molar-refractivity contribution in [2.45, 2.75) is 39.9 Å². The van der Waals surface area contributed by atoms with Gasteiger partial charge in [-0.05, 0) is 43.5 Å². The van der Waals surface area contributed by atoms with Crippen molar-refractivity contribution in [1.29, 1.82) is 0 Å². The molecule has 3 heterocycles. The zero-order chi connectivity index (χ0) is 19.5. The van der Waals surface area contributed by atoms with E-state index in [0.717, 1.165) is 42.3 Å². The summed E-state index contributed by atoms with van der Waals surface area (Å²) in [6, 6.07) is 14.5. The standard InChI is InChI=1S/C22H25N5O/c1-16-12-17(2)27(25-16)15-21(28)24-13-19-8-5-10-23-22(19)26-11-9-18-6-3-4-7-20(18)14-26/h3-8,10,12H,9,11,13-15H2,1-2H3,(H,24,28). The van der Waals surface area contributed by atoms with Crippen LogP contribution < -0.4 is 10.2 Å². The number of hydrogen-bond donors (Lipinski definition) is 1. The predicted octanol–water partition coefficient (Wildman–Crippen LogP) is 2.77. The number of nitrogens with one attached hydrogen (secondary N) is 1. The van der Waals surface area contributed by atoms with Crippen LogP contribution in [0.3, 0.4) is 0 Å². The van der Waals surface area contributed by atoms with Gasteiger partial charge in [0.15, 0.2) is 0 Å². The van der Waals surface area contributed by atoms with Gasteiger partial charge in [0.1, 0.15) is 12.4 Å². The fourth-order valence-electron chi connectivity index (χ4n) is 3.75. The smallest absolute Gasteiger partial charge is 0.242 e. The highest BCUT2D eigenvalue weighted by Crippen LogP contribution is 2.25. The van der Waals surface area contributed by atoms with Crippen LogP contribution in [-0.4, -0.2) is 27.2 Å². The van der Waals surface area contributed by atoms with E-state index >= 15 is 0 Å². The molecule has 1 aromatic carbocycles. The summed E-state index contributed by atoms with van der Waals surface area (Å²) >= 11 is 0. The number of carbonyl (C=O) groups excluding carboxylic acids is 1. The third-order valence-electron chi connectivity index (χ3n) is 5.17. The van der Waals surface area contributed by atoms with Gasteiger partial charge in [-0.15, -0.1) is 0 Å². The molecule has 4 rings (SSSR count). The van der Waals surface area contributed by atoms with E-state index < -0.39 is 0 Å². The predicted molar refractivity (Wildman–Crippen MR) is 109 cm³/mol. The summed E-state index contributed by atoms with van der Waals surface area (Å²) in [6.07, 6.45) is 2.83. The van der Waals surface area contributed by atoms with Gasteiger partial charge in [-0.25, -0.2) is 4.98 Å². The van der Waals surface area contributed by atoms with Gasteiger partial charge >= 0.3 is 0 Å². The van der Waals surface area contributed by atoms with Crippen molar-refractivity contribution in [3.8, 4) is 0 Å². The second kappa shape index (κ2) is 7.84. The number of hydrogen-bond acceptors (Lipinski definition) is 4. The van der Waals surface area contributed by atoms with Crippen LogP contribution in [0.1, 0.15) is 28.1 Å². The van der Waals surface area contributed by atoms with Crippen LogP contribution >= 0.6 is 0 Å². The second-order valence-electron chi connectivity index (χ2n) is 7.29. The fraction of sp³-hybridized carbons (Fsp3) is 0.318. The number of anilines is 1. The third kappa shape index (κ3) is 3.91. The van der Waals surface area contributed by atoms with Gasteiger partial charge in [0.2, 0.25) is 5.91 Å². The van der Waals surface area contributed by atoms with Gasteiger partial charge in [-0.3, -0.25) is 9.48 Å². The first-order valence-electron chi connectivity index (χ1n) is 9.63. The summed E-state index contributed by atoms with van der Waals surface area (Å²) in [7, 11) is 0. The van der Waals surface area contributed by atoms with Crippen LogP contribution in [0.5, 0.6) is 0 Å². The molecule has 1 aliphatic rings. The average molecular weight is 375 g/mol. The highest BCUT2D eigenvalue weighted by atomic mass is 16.2. The molecule has 0 radical (unpaired) electrons. The number of rotatable bonds is 5. The lowest BCUT2D eigenvalue weighted by molar-refractivity contribution is -0.122. The van der Waals surface area contributed by atoms with Crippen molar-refractivity contribution in [3.05, 3.63) is 76.7 Å². The lowest BCUT2D eigenvalue weighted by Crippen LogP contribution is -2.33. The molecule has 0 bridgehead atoms. The molecule has 0 atom stereocenters. The number of carbonyl (C=O) groups is 1. The lowest BCUT2D eigenvalue weighted by atomic mass is 9.99. The molecule has 0 unspecified atom stereocenters. The van der Waals surface area contributed by atoms with Gasteiger partial charge in [-0.2, -0.15) is 5.10 Å². The molecule has 2 aromatic heterocycles. The minimum Gasteiger partial charge on any atom is -0.352 e. The Morgan fingerprint density at radius 1 is 1.14 bits per heavy atom. The first kappa shape index (κ1) is 18.2. The molecule has 0 fully saturated rings. The molecule has 6 nitrogen and oxygen atoms in total. The van der Waals surface area contributed by atoms with Crippen LogP contribution in [0.2, 0.25) is 0 Å². The summed E-state index contributed by atoms with van der Waals surface area (Å²) in [4.78, 5) is 19.3. The van der Waals surface area contributed by atoms with Crippen LogP contribution in [0.4, 0.5) is 5.82 Å². The van der Waals surface area contributed by atoms with E-state index in [1.54, 1.807) is 4.68 Å². The topological polar surface area (TPSA) is 63.1 Å². The Morgan fingerprint density at radius 3 is 2.75 bits per heavy atom. The van der Waals surface area contributed by atoms with Crippen LogP contribution in [0, 0.1) is 13.8 Å². The van der Waals surface area contributed by atoms with Crippen molar-refractivity contribution >= 4 is 11.7 Å². The van der Waals surface area contributed by atoms with Crippen molar-refractivity contribution in [3.63, 3.8) is 0 Å². The van der Waals surface area contributed by atoms with Gasteiger partial charge in [-0.1, -0.05) is 30.3 Å². The van der Waals surface area contributed by atoms with Crippen molar-refractivity contribution in [1.82, 2.24) is 20.1 Å². The Balaban J connectivity index is 1.43. The Kier molecular flexibility index (Phi) is 5.10. The summed E-state index contributed by atoms with van der Waals surface area (Å²) in [5, 5.41) is 7.37. The highest BCUT2D eigenvalue weighted by molar-refractivity contribution is 5.75. The monoisotopic (exact) mass is 375 g/mol. The number of aryl methyl sites for hydroxylation is 2. The molecule has 0 saturated heterocycles. The molecule has 6 heteroatoms. The molecule has 0 aliphatic carbocycles. The van der Waals surface area contributed by atoms with Crippen molar-refractivity contribution in [2.75, 3.05) is 11.4 Å². The molecule has 1 N–H and O–H groups in total. The Morgan fingerprint density at radius 2 is 1.96 bits per heavy atom. The zero-order valence-corrected chi connectivity index (χ0v) is 16.4. The maximum absolute atomic E-state index is 12.4. The fourth-order valence-corrected chi connectivity index (χ4v) is 3.75. The minimum absolute atomic E-state index is 0.0509. The molecular weight excluding hydrogens is 350 g/mol. The van der Waals surface area contributed by atoms with E-state index in [4.69, 9.17) is 0 Å². The van der Waals surface area contributed by atoms with E-state index in [2.05, 4.69) is 44.6 Å². The molecule has 144 valence electrons. The zero-order valence-electron chi connectivity index (χ0n) is 16.4. The summed E-state index contributed by atoms with van der Waals surface area (Å²) in [5.74, 6) is 0.897. The number of pyridine rings is 1. The number of nitrogens with zero attached hydrogens (tertiary/aromatic N) is 4. The number of aromatic nitrogens is 3. The highest BCUT2D eigenvalue weighted by Gasteiger charge is 2.19. The molecular formula is C22H25N5O. The molecule has 3 aromatic rings. The van der Waals surface area contributed by atoms with Crippen LogP contribution in [0.15, 0.2) is 48.7 Å². The van der Waals surface area contributed by atoms with Gasteiger partial charge < -0.3 is 10.2 Å². The Hall–Kier alpha value is -3.15. The molecule has 1 aliphatic heterocycles. The molecule has 0 saturated carbocycles. The molecule has 28 heavy (non-hydrogen) atoms. The molecule has 0 spiro atoms. The quantitative estimate of drug-likeness (QED) is 0.745. The maximum Gasteiger partial charge on any atom is 0.242 e. The van der Waals surface area contributed by atoms with Crippen LogP contribution in [0.25, 0.3) is 0 Å². The number of amides is 1. The summed E-state index contributed by atoms with van der Waals surface area (Å²) in [6.45, 7) is 6.35. The Labute approximate surface area is 165 Å². The summed E-state index contributed by atoms with van der Waals surface area (Å²) in [5.41, 5.74) is 5.70. The maximum atomic E-state index is 12.4. The number of fused-ring (bicyclic) bond motifs is 1. The SMILES string of the molecule is Cc1cc(C)n(CC(=O)NCc2cccnc2N2CCc3ccccc3C2)n1. The van der Waals surface area contributed by atoms with E-state index in [1.165, 1.54) is 11.1 Å². The summed E-state index contributed by atoms with van der Waals surface area (Å²) < 4.78 is 1.73. The normalized spacial score (nSPS) is 13.3. The van der Waals surface area contributed by atoms with Gasteiger partial charge in [0, 0.05) is 37.1 Å². The van der Waals surface area contributed by atoms with E-state index in [0.29, 0.717) is 6.54 Å². The van der Waals surface area contributed by atoms with Crippen molar-refractivity contribution in [2.24, 2.45) is 0 Å². The van der Waals surface area contributed by atoms with Crippen LogP contribution in [-0.2, 0) is 30.8 Å². The first-order chi connectivity index (χ1) is 13.6. The second-order valence-corrected chi connectivity index (χ2v) is 7.29. The van der Waals surface area contributed by atoms with E-state index in [9.17, 15) is 4.79 Å². The van der Waals surface area contributed by atoms with Gasteiger partial charge in [0.25, 0.3) is 0 Å². The first-order valence-corrected chi connectivity index (χ1v) is 9.63. The van der Waals surface area contributed by atoms with Gasteiger partial charge in [0.05, 0.1) is 5.69 Å². The molecule has 1 amide bonds. The van der Waals surface area contributed by atoms with Crippen molar-refractivity contribution < 1.29 is 4.79 Å². The minimum atomic E-state index is -0.0509. The third-order valence-corrected chi connectivity index (χ3v) is 5.17. The average Bonchev–Trinajstić information content (AvgIpc) is 3.03. The lowest BCUT2D eigenvalue weighted by Gasteiger charge is -2.31. The number of benzene rings is 1. The largest absolute Gasteiger partial charge is 0.352 e. The Bertz CT molecular complexity index is 994.